The number of thiophene rings is 1. The van der Waals surface area contributed by atoms with E-state index in [1.165, 1.54) is 11.3 Å². The number of benzene rings is 2. The van der Waals surface area contributed by atoms with Crippen molar-refractivity contribution in [1.82, 2.24) is 5.43 Å². The number of rotatable bonds is 3. The lowest BCUT2D eigenvalue weighted by atomic mass is 10.1. The number of hydrogen-bond donors (Lipinski definition) is 2. The predicted molar refractivity (Wildman–Crippen MR) is 94.6 cm³/mol. The zero-order valence-corrected chi connectivity index (χ0v) is 13.8. The summed E-state index contributed by atoms with van der Waals surface area (Å²) in [6.07, 6.45) is 0. The van der Waals surface area contributed by atoms with Crippen LogP contribution in [0.25, 0.3) is 10.1 Å². The molecule has 0 bridgehead atoms. The molecule has 116 valence electrons. The number of fused-ring (bicyclic) bond motifs is 1. The molecule has 2 aromatic carbocycles. The number of hydrogen-bond acceptors (Lipinski definition) is 4. The van der Waals surface area contributed by atoms with Gasteiger partial charge < -0.3 is 5.11 Å². The van der Waals surface area contributed by atoms with Gasteiger partial charge in [0.2, 0.25) is 0 Å². The first kappa shape index (κ1) is 15.5. The lowest BCUT2D eigenvalue weighted by Crippen LogP contribution is -2.18. The van der Waals surface area contributed by atoms with E-state index < -0.39 is 5.91 Å². The van der Waals surface area contributed by atoms with Gasteiger partial charge in [-0.25, -0.2) is 5.43 Å². The third kappa shape index (κ3) is 3.21. The number of halogens is 1. The maximum atomic E-state index is 12.3. The zero-order chi connectivity index (χ0) is 16.4. The fourth-order valence-corrected chi connectivity index (χ4v) is 3.40. The number of carbonyl (C=O) groups is 1. The highest BCUT2D eigenvalue weighted by atomic mass is 35.5. The molecule has 4 nitrogen and oxygen atoms in total. The second-order valence-corrected chi connectivity index (χ2v) is 6.41. The summed E-state index contributed by atoms with van der Waals surface area (Å²) in [7, 11) is 0. The summed E-state index contributed by atoms with van der Waals surface area (Å²) in [6, 6.07) is 14.6. The normalized spacial score (nSPS) is 11.7. The SMILES string of the molecule is C/C(=N/NC(=O)c1sc2cc(Cl)ccc2c1O)c1ccccc1. The molecule has 3 aromatic rings. The quantitative estimate of drug-likeness (QED) is 0.546. The Labute approximate surface area is 142 Å². The maximum absolute atomic E-state index is 12.3. The summed E-state index contributed by atoms with van der Waals surface area (Å²) in [5, 5.41) is 15.4. The third-order valence-electron chi connectivity index (χ3n) is 3.35. The molecule has 3 rings (SSSR count). The van der Waals surface area contributed by atoms with Gasteiger partial charge >= 0.3 is 0 Å². The van der Waals surface area contributed by atoms with Gasteiger partial charge in [-0.05, 0) is 30.7 Å². The lowest BCUT2D eigenvalue weighted by Gasteiger charge is -2.02. The molecule has 0 aliphatic carbocycles. The van der Waals surface area contributed by atoms with Crippen LogP contribution in [0, 0.1) is 0 Å². The van der Waals surface area contributed by atoms with Crippen LogP contribution in [0.15, 0.2) is 53.6 Å². The van der Waals surface area contributed by atoms with Gasteiger partial charge in [0, 0.05) is 15.1 Å². The molecule has 1 aromatic heterocycles. The van der Waals surface area contributed by atoms with Gasteiger partial charge in [-0.2, -0.15) is 5.10 Å². The molecule has 6 heteroatoms. The summed E-state index contributed by atoms with van der Waals surface area (Å²) in [5.41, 5.74) is 4.08. The topological polar surface area (TPSA) is 61.7 Å². The molecule has 0 saturated heterocycles. The van der Waals surface area contributed by atoms with Crippen LogP contribution < -0.4 is 5.43 Å². The Kier molecular flexibility index (Phi) is 4.32. The van der Waals surface area contributed by atoms with Crippen molar-refractivity contribution in [3.63, 3.8) is 0 Å². The highest BCUT2D eigenvalue weighted by Gasteiger charge is 2.18. The van der Waals surface area contributed by atoms with E-state index in [1.54, 1.807) is 25.1 Å². The molecule has 23 heavy (non-hydrogen) atoms. The molecule has 0 radical (unpaired) electrons. The highest BCUT2D eigenvalue weighted by Crippen LogP contribution is 2.37. The number of nitrogens with zero attached hydrogens (tertiary/aromatic N) is 1. The van der Waals surface area contributed by atoms with Crippen LogP contribution in [-0.2, 0) is 0 Å². The minimum Gasteiger partial charge on any atom is -0.506 e. The second kappa shape index (κ2) is 6.40. The number of amides is 1. The summed E-state index contributed by atoms with van der Waals surface area (Å²) < 4.78 is 0.754. The summed E-state index contributed by atoms with van der Waals surface area (Å²) in [6.45, 7) is 1.81. The number of nitrogens with one attached hydrogen (secondary N) is 1. The average molecular weight is 345 g/mol. The fourth-order valence-electron chi connectivity index (χ4n) is 2.14. The zero-order valence-electron chi connectivity index (χ0n) is 12.2. The number of carbonyl (C=O) groups excluding carboxylic acids is 1. The molecule has 0 aliphatic heterocycles. The van der Waals surface area contributed by atoms with Crippen LogP contribution in [0.5, 0.6) is 5.75 Å². The summed E-state index contributed by atoms with van der Waals surface area (Å²) >= 11 is 7.11. The van der Waals surface area contributed by atoms with Gasteiger partial charge in [-0.3, -0.25) is 4.79 Å². The molecule has 0 fully saturated rings. The second-order valence-electron chi connectivity index (χ2n) is 4.92. The van der Waals surface area contributed by atoms with Crippen LogP contribution in [0.4, 0.5) is 0 Å². The molecular weight excluding hydrogens is 332 g/mol. The maximum Gasteiger partial charge on any atom is 0.285 e. The van der Waals surface area contributed by atoms with E-state index in [1.807, 2.05) is 30.3 Å². The monoisotopic (exact) mass is 344 g/mol. The van der Waals surface area contributed by atoms with E-state index in [0.29, 0.717) is 16.1 Å². The number of hydrazone groups is 1. The standard InChI is InChI=1S/C17H13ClN2O2S/c1-10(11-5-3-2-4-6-11)19-20-17(22)16-15(21)13-8-7-12(18)9-14(13)23-16/h2-9,21H,1H3,(H,20,22)/b19-10-. The van der Waals surface area contributed by atoms with Crippen molar-refractivity contribution in [2.45, 2.75) is 6.92 Å². The molecule has 2 N–H and O–H groups in total. The van der Waals surface area contributed by atoms with Crippen molar-refractivity contribution < 1.29 is 9.90 Å². The summed E-state index contributed by atoms with van der Waals surface area (Å²) in [5.74, 6) is -0.498. The van der Waals surface area contributed by atoms with E-state index >= 15 is 0 Å². The molecule has 1 heterocycles. The minimum absolute atomic E-state index is 0.0493. The van der Waals surface area contributed by atoms with Crippen LogP contribution in [-0.4, -0.2) is 16.7 Å². The Morgan fingerprint density at radius 3 is 2.70 bits per heavy atom. The van der Waals surface area contributed by atoms with Gasteiger partial charge in [0.05, 0.1) is 5.71 Å². The van der Waals surface area contributed by atoms with Crippen molar-refractivity contribution in [3.05, 3.63) is 64.0 Å². The van der Waals surface area contributed by atoms with Crippen molar-refractivity contribution >= 4 is 44.6 Å². The van der Waals surface area contributed by atoms with Gasteiger partial charge in [-0.15, -0.1) is 11.3 Å². The minimum atomic E-state index is -0.449. The Morgan fingerprint density at radius 1 is 1.22 bits per heavy atom. The Bertz CT molecular complexity index is 904. The Morgan fingerprint density at radius 2 is 1.96 bits per heavy atom. The molecule has 0 unspecified atom stereocenters. The average Bonchev–Trinajstić information content (AvgIpc) is 2.89. The van der Waals surface area contributed by atoms with Crippen molar-refractivity contribution in [3.8, 4) is 5.75 Å². The molecular formula is C17H13ClN2O2S. The molecule has 0 saturated carbocycles. The van der Waals surface area contributed by atoms with Gasteiger partial charge in [0.15, 0.2) is 0 Å². The Balaban J connectivity index is 1.85. The third-order valence-corrected chi connectivity index (χ3v) is 4.72. The van der Waals surface area contributed by atoms with Crippen molar-refractivity contribution in [2.24, 2.45) is 5.10 Å². The van der Waals surface area contributed by atoms with Crippen LogP contribution in [0.3, 0.4) is 0 Å². The van der Waals surface area contributed by atoms with Crippen LogP contribution in [0.1, 0.15) is 22.2 Å². The van der Waals surface area contributed by atoms with Gasteiger partial charge in [0.25, 0.3) is 5.91 Å². The predicted octanol–water partition coefficient (Wildman–Crippen LogP) is 4.41. The first-order valence-corrected chi connectivity index (χ1v) is 8.07. The molecule has 0 spiro atoms. The first-order valence-electron chi connectivity index (χ1n) is 6.87. The van der Waals surface area contributed by atoms with Crippen molar-refractivity contribution in [1.29, 1.82) is 0 Å². The summed E-state index contributed by atoms with van der Waals surface area (Å²) in [4.78, 5) is 12.5. The molecule has 0 aliphatic rings. The van der Waals surface area contributed by atoms with Crippen molar-refractivity contribution in [2.75, 3.05) is 0 Å². The molecule has 1 amide bonds. The lowest BCUT2D eigenvalue weighted by molar-refractivity contribution is 0.0956. The smallest absolute Gasteiger partial charge is 0.285 e. The first-order chi connectivity index (χ1) is 11.1. The highest BCUT2D eigenvalue weighted by molar-refractivity contribution is 7.21. The largest absolute Gasteiger partial charge is 0.506 e. The van der Waals surface area contributed by atoms with E-state index in [-0.39, 0.29) is 10.6 Å². The van der Waals surface area contributed by atoms with Crippen LogP contribution in [0.2, 0.25) is 5.02 Å². The van der Waals surface area contributed by atoms with E-state index in [0.717, 1.165) is 10.3 Å². The fraction of sp³-hybridized carbons (Fsp3) is 0.0588. The van der Waals surface area contributed by atoms with Gasteiger partial charge in [-0.1, -0.05) is 41.9 Å². The van der Waals surface area contributed by atoms with Gasteiger partial charge in [0.1, 0.15) is 10.6 Å². The van der Waals surface area contributed by atoms with E-state index in [2.05, 4.69) is 10.5 Å². The number of aromatic hydroxyl groups is 1. The Hall–Kier alpha value is -2.37. The molecule has 0 atom stereocenters. The van der Waals surface area contributed by atoms with E-state index in [4.69, 9.17) is 11.6 Å². The van der Waals surface area contributed by atoms with Crippen LogP contribution >= 0.6 is 22.9 Å². The van der Waals surface area contributed by atoms with E-state index in [9.17, 15) is 9.90 Å².